The first kappa shape index (κ1) is 76.3. The molecule has 598 valence electrons. The van der Waals surface area contributed by atoms with Crippen molar-refractivity contribution >= 4 is 23.6 Å². The lowest BCUT2D eigenvalue weighted by molar-refractivity contribution is 0.0694. The van der Waals surface area contributed by atoms with Gasteiger partial charge in [0, 0.05) is 144 Å². The summed E-state index contributed by atoms with van der Waals surface area (Å²) >= 11 is 0. The van der Waals surface area contributed by atoms with Crippen molar-refractivity contribution in [2.75, 3.05) is 26.4 Å². The number of amides is 4. The number of pyridine rings is 5. The van der Waals surface area contributed by atoms with Gasteiger partial charge in [0.15, 0.2) is 22.8 Å². The molecular formula is C82H87N27O8. The number of hydrogen-bond donors (Lipinski definition) is 0. The summed E-state index contributed by atoms with van der Waals surface area (Å²) in [5.74, 6) is 2.61. The van der Waals surface area contributed by atoms with Gasteiger partial charge in [-0.05, 0) is 172 Å². The van der Waals surface area contributed by atoms with Gasteiger partial charge in [0.1, 0.15) is 29.1 Å². The molecule has 12 aromatic heterocycles. The van der Waals surface area contributed by atoms with Crippen LogP contribution in [0.4, 0.5) is 0 Å². The fourth-order valence-electron chi connectivity index (χ4n) is 18.2. The minimum Gasteiger partial charge on any atom is -0.477 e. The average molecular weight is 1580 g/mol. The Hall–Kier alpha value is -13.4. The third kappa shape index (κ3) is 16.3. The molecule has 0 N–H and O–H groups in total. The Bertz CT molecular complexity index is 5040. The summed E-state index contributed by atoms with van der Waals surface area (Å²) in [4.78, 5) is 115. The summed E-state index contributed by atoms with van der Waals surface area (Å²) in [6.45, 7) is 11.6. The zero-order valence-corrected chi connectivity index (χ0v) is 65.2. The molecule has 117 heavy (non-hydrogen) atoms. The predicted molar refractivity (Wildman–Crippen MR) is 417 cm³/mol. The maximum Gasteiger partial charge on any atom is 0.316 e. The smallest absolute Gasteiger partial charge is 0.316 e. The lowest BCUT2D eigenvalue weighted by Gasteiger charge is -2.25. The van der Waals surface area contributed by atoms with Crippen molar-refractivity contribution < 1.29 is 38.1 Å². The zero-order valence-electron chi connectivity index (χ0n) is 65.2. The molecule has 20 rings (SSSR count). The van der Waals surface area contributed by atoms with Crippen molar-refractivity contribution in [3.8, 4) is 46.4 Å². The minimum atomic E-state index is -0.0630. The molecule has 0 aromatic carbocycles. The van der Waals surface area contributed by atoms with Gasteiger partial charge in [-0.25, -0.2) is 49.8 Å². The van der Waals surface area contributed by atoms with Crippen LogP contribution in [0.5, 0.6) is 23.7 Å². The van der Waals surface area contributed by atoms with E-state index >= 15 is 0 Å². The molecule has 8 bridgehead atoms. The molecular weight excluding hydrogens is 1490 g/mol. The normalized spacial score (nSPS) is 22.7. The van der Waals surface area contributed by atoms with E-state index in [-0.39, 0.29) is 89.7 Å². The highest BCUT2D eigenvalue weighted by atomic mass is 16.5. The Balaban J connectivity index is 0.000000112. The van der Waals surface area contributed by atoms with Crippen molar-refractivity contribution in [2.45, 2.75) is 160 Å². The Labute approximate surface area is 672 Å². The molecule has 0 saturated carbocycles. The summed E-state index contributed by atoms with van der Waals surface area (Å²) in [6.07, 6.45) is 35.7. The standard InChI is InChI=1S/C22H24N6O2.3C20H21N7O2/c1-14-4-3-5-20(25-14)30-13-16-12-17-7-9-18(16)27(17)22(29)21-19(8-6-15(2)26-21)28-23-10-11-24-28;1-13-3-5-17(27-23-9-10-24-27)18(25-13)19(28)26-15-4-6-16(26)14(11-15)12-29-20-21-7-2-8-22-20;1-13-2-4-17(27-23-8-9-24-27)19(25-13)20(28)26-15-3-5-16(26)14(10-15)12-29-18-11-21-6-7-22-18;1-13-2-4-17(27-23-8-9-24-27)19(25-13)20(28)26-15-3-5-16(26)14(10-15)11-29-18-6-7-21-12-22-18/h3-6,8,10-11,16-18H,7,9,12-13H2,1-2H3;2-3,5,7-10,14-16H,4,6,11-12H2,1H3;2,4,6-9,11,14-16H,3,5,10,12H2,1H3;2,4,6-9,12,14-16H,3,5,10-11H2,1H3. The van der Waals surface area contributed by atoms with Crippen LogP contribution >= 0.6 is 0 Å². The number of ether oxygens (including phenoxy) is 4. The predicted octanol–water partition coefficient (Wildman–Crippen LogP) is 8.24. The van der Waals surface area contributed by atoms with Crippen molar-refractivity contribution in [2.24, 2.45) is 23.7 Å². The molecule has 0 spiro atoms. The number of aromatic nitrogens is 23. The van der Waals surface area contributed by atoms with Crippen LogP contribution in [0.2, 0.25) is 0 Å². The Morgan fingerprint density at radius 3 is 1.01 bits per heavy atom. The Morgan fingerprint density at radius 2 is 0.667 bits per heavy atom. The van der Waals surface area contributed by atoms with E-state index in [9.17, 15) is 19.2 Å². The SMILES string of the molecule is Cc1ccc(-n2nccn2)c(C(=O)N2C3CCC2C(COc2ccncn2)C3)n1.Cc1ccc(-n2nccn2)c(C(=O)N2C3CCC2C(COc2cnccn2)C3)n1.Cc1ccc(-n2nccn2)c(C(=O)N2C3CCC2C(COc2ncccn2)C3)n1.Cc1cccc(OCC2CC3CCC2N3C(=O)c2nc(C)ccc2-n2nccn2)n1. The molecule has 35 heteroatoms. The van der Waals surface area contributed by atoms with Gasteiger partial charge in [0.2, 0.25) is 17.6 Å². The van der Waals surface area contributed by atoms with Gasteiger partial charge in [-0.3, -0.25) is 24.2 Å². The first-order valence-corrected chi connectivity index (χ1v) is 39.6. The first-order chi connectivity index (χ1) is 57.2. The van der Waals surface area contributed by atoms with E-state index < -0.39 is 0 Å². The second-order valence-electron chi connectivity index (χ2n) is 30.6. The van der Waals surface area contributed by atoms with Gasteiger partial charge < -0.3 is 38.5 Å². The first-order valence-electron chi connectivity index (χ1n) is 39.6. The number of aryl methyl sites for hydroxylation is 5. The van der Waals surface area contributed by atoms with E-state index in [1.807, 2.05) is 121 Å². The van der Waals surface area contributed by atoms with E-state index in [2.05, 4.69) is 95.6 Å². The van der Waals surface area contributed by atoms with Crippen LogP contribution in [0.1, 0.15) is 147 Å². The van der Waals surface area contributed by atoms with E-state index in [4.69, 9.17) is 18.9 Å². The van der Waals surface area contributed by atoms with Crippen LogP contribution in [0, 0.1) is 58.3 Å². The summed E-state index contributed by atoms with van der Waals surface area (Å²) in [5, 5.41) is 33.5. The number of nitrogens with zero attached hydrogens (tertiary/aromatic N) is 27. The van der Waals surface area contributed by atoms with Gasteiger partial charge in [-0.15, -0.1) is 19.2 Å². The number of carbonyl (C=O) groups is 4. The van der Waals surface area contributed by atoms with Crippen LogP contribution in [0.25, 0.3) is 22.7 Å². The highest BCUT2D eigenvalue weighted by Crippen LogP contribution is 2.47. The van der Waals surface area contributed by atoms with Crippen molar-refractivity contribution in [1.82, 2.24) is 134 Å². The van der Waals surface area contributed by atoms with Crippen molar-refractivity contribution in [3.63, 3.8) is 0 Å². The van der Waals surface area contributed by atoms with E-state index in [1.165, 1.54) is 25.5 Å². The average Bonchev–Trinajstić information content (AvgIpc) is 1.62. The molecule has 12 unspecified atom stereocenters. The number of carbonyl (C=O) groups excluding carboxylic acids is 4. The highest BCUT2D eigenvalue weighted by molar-refractivity contribution is 5.99. The highest BCUT2D eigenvalue weighted by Gasteiger charge is 2.54. The molecule has 0 radical (unpaired) electrons. The molecule has 8 fully saturated rings. The topological polar surface area (TPSA) is 383 Å². The van der Waals surface area contributed by atoms with Gasteiger partial charge in [-0.2, -0.15) is 40.8 Å². The Kier molecular flexibility index (Phi) is 22.1. The van der Waals surface area contributed by atoms with Gasteiger partial charge >= 0.3 is 6.01 Å². The summed E-state index contributed by atoms with van der Waals surface area (Å²) in [5.41, 5.74) is 8.11. The summed E-state index contributed by atoms with van der Waals surface area (Å²) < 4.78 is 23.4. The Morgan fingerprint density at radius 1 is 0.316 bits per heavy atom. The number of hydrogen-bond acceptors (Lipinski definition) is 27. The molecule has 8 saturated heterocycles. The monoisotopic (exact) mass is 1580 g/mol. The number of fused-ring (bicyclic) bond motifs is 8. The lowest BCUT2D eigenvalue weighted by atomic mass is 9.90. The lowest BCUT2D eigenvalue weighted by Crippen LogP contribution is -2.38. The molecule has 20 heterocycles. The van der Waals surface area contributed by atoms with Gasteiger partial charge in [0.25, 0.3) is 23.6 Å². The molecule has 35 nitrogen and oxygen atoms in total. The summed E-state index contributed by atoms with van der Waals surface area (Å²) in [7, 11) is 0. The van der Waals surface area contributed by atoms with E-state index in [1.54, 1.807) is 98.9 Å². The summed E-state index contributed by atoms with van der Waals surface area (Å²) in [6, 6.07) is 26.0. The van der Waals surface area contributed by atoms with E-state index in [0.29, 0.717) is 102 Å². The van der Waals surface area contributed by atoms with Gasteiger partial charge in [0.05, 0.1) is 82.2 Å². The van der Waals surface area contributed by atoms with Crippen LogP contribution in [0.15, 0.2) is 172 Å². The second-order valence-corrected chi connectivity index (χ2v) is 30.6. The molecule has 0 aliphatic carbocycles. The van der Waals surface area contributed by atoms with Crippen LogP contribution in [-0.4, -0.2) is 233 Å². The maximum atomic E-state index is 13.6. The van der Waals surface area contributed by atoms with Crippen LogP contribution in [0.3, 0.4) is 0 Å². The largest absolute Gasteiger partial charge is 0.477 e. The zero-order chi connectivity index (χ0) is 80.0. The van der Waals surface area contributed by atoms with Crippen LogP contribution in [-0.2, 0) is 0 Å². The van der Waals surface area contributed by atoms with Crippen LogP contribution < -0.4 is 18.9 Å². The molecule has 12 atom stereocenters. The van der Waals surface area contributed by atoms with E-state index in [0.717, 1.165) is 106 Å². The van der Waals surface area contributed by atoms with Crippen molar-refractivity contribution in [3.05, 3.63) is 223 Å². The third-order valence-electron chi connectivity index (χ3n) is 23.3. The fraction of sp³-hybridized carbons (Fsp3) is 0.402. The quantitative estimate of drug-likeness (QED) is 0.0692. The minimum absolute atomic E-state index is 0.0466. The molecule has 8 aliphatic rings. The van der Waals surface area contributed by atoms with Gasteiger partial charge in [-0.1, -0.05) is 6.07 Å². The third-order valence-corrected chi connectivity index (χ3v) is 23.3. The second kappa shape index (κ2) is 34.0. The maximum absolute atomic E-state index is 13.6. The van der Waals surface area contributed by atoms with Crippen molar-refractivity contribution in [1.29, 1.82) is 0 Å². The molecule has 12 aromatic rings. The fourth-order valence-corrected chi connectivity index (χ4v) is 18.2. The molecule has 4 amide bonds. The molecule has 8 aliphatic heterocycles. The number of rotatable bonds is 20.